The molecule has 0 radical (unpaired) electrons. The van der Waals surface area contributed by atoms with E-state index in [2.05, 4.69) is 9.97 Å². The van der Waals surface area contributed by atoms with E-state index < -0.39 is 0 Å². The number of aromatic nitrogens is 2. The summed E-state index contributed by atoms with van der Waals surface area (Å²) in [4.78, 5) is 23.7. The number of hydrogen-bond acceptors (Lipinski definition) is 5. The summed E-state index contributed by atoms with van der Waals surface area (Å²) >= 11 is 1.46. The lowest BCUT2D eigenvalue weighted by molar-refractivity contribution is 0.0775. The predicted octanol–water partition coefficient (Wildman–Crippen LogP) is 2.76. The van der Waals surface area contributed by atoms with Gasteiger partial charge in [0.25, 0.3) is 5.91 Å². The first-order valence-electron chi connectivity index (χ1n) is 7.35. The molecule has 0 aliphatic carbocycles. The van der Waals surface area contributed by atoms with Crippen LogP contribution in [0.4, 0.5) is 0 Å². The molecule has 22 heavy (non-hydrogen) atoms. The molecule has 5 nitrogen and oxygen atoms in total. The molecule has 3 heterocycles. The lowest BCUT2D eigenvalue weighted by Gasteiger charge is -2.16. The summed E-state index contributed by atoms with van der Waals surface area (Å²) in [5, 5.41) is 0.928. The van der Waals surface area contributed by atoms with Crippen LogP contribution in [-0.2, 0) is 0 Å². The zero-order chi connectivity index (χ0) is 15.7. The summed E-state index contributed by atoms with van der Waals surface area (Å²) in [6.07, 6.45) is 2.63. The first-order chi connectivity index (χ1) is 10.5. The van der Waals surface area contributed by atoms with Gasteiger partial charge in [-0.05, 0) is 26.3 Å². The first kappa shape index (κ1) is 15.0. The van der Waals surface area contributed by atoms with E-state index in [1.807, 2.05) is 37.8 Å². The second-order valence-electron chi connectivity index (χ2n) is 5.60. The molecule has 3 rings (SSSR count). The van der Waals surface area contributed by atoms with Crippen LogP contribution in [0.5, 0.6) is 5.88 Å². The number of rotatable bonds is 3. The van der Waals surface area contributed by atoms with E-state index in [4.69, 9.17) is 4.74 Å². The van der Waals surface area contributed by atoms with Crippen molar-refractivity contribution in [2.24, 2.45) is 0 Å². The zero-order valence-electron chi connectivity index (χ0n) is 13.0. The van der Waals surface area contributed by atoms with E-state index in [-0.39, 0.29) is 12.0 Å². The molecule has 1 aliphatic rings. The topological polar surface area (TPSA) is 55.3 Å². The molecule has 1 fully saturated rings. The Balaban J connectivity index is 1.63. The molecule has 1 unspecified atom stereocenters. The minimum absolute atomic E-state index is 0.00785. The minimum Gasteiger partial charge on any atom is -0.472 e. The van der Waals surface area contributed by atoms with Crippen molar-refractivity contribution in [1.29, 1.82) is 0 Å². The van der Waals surface area contributed by atoms with E-state index in [1.165, 1.54) is 11.3 Å². The summed E-state index contributed by atoms with van der Waals surface area (Å²) in [6, 6.07) is 3.85. The third kappa shape index (κ3) is 3.11. The molecule has 2 aromatic rings. The number of ether oxygens (including phenoxy) is 1. The third-order valence-electron chi connectivity index (χ3n) is 3.70. The van der Waals surface area contributed by atoms with Crippen molar-refractivity contribution in [3.63, 3.8) is 0 Å². The Morgan fingerprint density at radius 3 is 2.82 bits per heavy atom. The van der Waals surface area contributed by atoms with E-state index >= 15 is 0 Å². The van der Waals surface area contributed by atoms with Gasteiger partial charge in [0.05, 0.1) is 17.2 Å². The van der Waals surface area contributed by atoms with Crippen LogP contribution < -0.4 is 4.74 Å². The number of carbonyl (C=O) groups excluding carboxylic acids is 1. The quantitative estimate of drug-likeness (QED) is 0.873. The fraction of sp³-hybridized carbons (Fsp3) is 0.438. The van der Waals surface area contributed by atoms with Crippen LogP contribution in [0.25, 0.3) is 0 Å². The lowest BCUT2D eigenvalue weighted by atomic mass is 10.3. The second-order valence-corrected chi connectivity index (χ2v) is 6.80. The van der Waals surface area contributed by atoms with E-state index in [0.29, 0.717) is 19.0 Å². The first-order valence-corrected chi connectivity index (χ1v) is 8.17. The highest BCUT2D eigenvalue weighted by molar-refractivity contribution is 7.13. The van der Waals surface area contributed by atoms with Crippen molar-refractivity contribution in [3.05, 3.63) is 39.5 Å². The second kappa shape index (κ2) is 6.04. The smallest absolute Gasteiger partial charge is 0.265 e. The molecule has 116 valence electrons. The molecule has 1 aliphatic heterocycles. The number of aryl methyl sites for hydroxylation is 3. The van der Waals surface area contributed by atoms with Crippen molar-refractivity contribution < 1.29 is 9.53 Å². The Bertz CT molecular complexity index is 681. The van der Waals surface area contributed by atoms with Gasteiger partial charge >= 0.3 is 0 Å². The SMILES string of the molecule is Cc1ccc(OC2CCN(C(=O)c3sc(C)nc3C)C2)nc1. The number of amides is 1. The number of carbonyl (C=O) groups is 1. The van der Waals surface area contributed by atoms with Crippen molar-refractivity contribution in [1.82, 2.24) is 14.9 Å². The number of hydrogen-bond donors (Lipinski definition) is 0. The average molecular weight is 317 g/mol. The molecular weight excluding hydrogens is 298 g/mol. The van der Waals surface area contributed by atoms with Gasteiger partial charge in [0.15, 0.2) is 0 Å². The van der Waals surface area contributed by atoms with Gasteiger partial charge in [0.2, 0.25) is 5.88 Å². The molecular formula is C16H19N3O2S. The number of pyridine rings is 1. The van der Waals surface area contributed by atoms with Crippen LogP contribution in [-0.4, -0.2) is 40.0 Å². The summed E-state index contributed by atoms with van der Waals surface area (Å²) in [6.45, 7) is 7.12. The highest BCUT2D eigenvalue weighted by atomic mass is 32.1. The molecule has 0 N–H and O–H groups in total. The Labute approximate surface area is 134 Å². The van der Waals surface area contributed by atoms with Crippen LogP contribution in [0.3, 0.4) is 0 Å². The normalized spacial score (nSPS) is 17.8. The maximum Gasteiger partial charge on any atom is 0.265 e. The summed E-state index contributed by atoms with van der Waals surface area (Å²) < 4.78 is 5.86. The monoisotopic (exact) mass is 317 g/mol. The van der Waals surface area contributed by atoms with Gasteiger partial charge in [-0.3, -0.25) is 4.79 Å². The Hall–Kier alpha value is -1.95. The molecule has 2 aromatic heterocycles. The predicted molar refractivity (Wildman–Crippen MR) is 85.5 cm³/mol. The highest BCUT2D eigenvalue weighted by Crippen LogP contribution is 2.23. The Morgan fingerprint density at radius 1 is 1.36 bits per heavy atom. The van der Waals surface area contributed by atoms with Crippen LogP contribution in [0.2, 0.25) is 0 Å². The molecule has 0 aromatic carbocycles. The highest BCUT2D eigenvalue weighted by Gasteiger charge is 2.30. The van der Waals surface area contributed by atoms with E-state index in [0.717, 1.165) is 27.6 Å². The van der Waals surface area contributed by atoms with Gasteiger partial charge in [-0.25, -0.2) is 9.97 Å². The molecule has 1 amide bonds. The molecule has 1 atom stereocenters. The maximum absolute atomic E-state index is 12.5. The average Bonchev–Trinajstić information content (AvgIpc) is 3.07. The molecule has 6 heteroatoms. The van der Waals surface area contributed by atoms with Crippen molar-refractivity contribution in [2.45, 2.75) is 33.3 Å². The van der Waals surface area contributed by atoms with Gasteiger partial charge in [0, 0.05) is 25.2 Å². The fourth-order valence-corrected chi connectivity index (χ4v) is 3.46. The minimum atomic E-state index is 0.00785. The van der Waals surface area contributed by atoms with Crippen LogP contribution >= 0.6 is 11.3 Å². The maximum atomic E-state index is 12.5. The Kier molecular flexibility index (Phi) is 4.11. The number of likely N-dealkylation sites (tertiary alicyclic amines) is 1. The zero-order valence-corrected chi connectivity index (χ0v) is 13.8. The summed E-state index contributed by atoms with van der Waals surface area (Å²) in [5.74, 6) is 0.681. The molecule has 1 saturated heterocycles. The summed E-state index contributed by atoms with van der Waals surface area (Å²) in [5.41, 5.74) is 1.92. The molecule has 0 spiro atoms. The van der Waals surface area contributed by atoms with Gasteiger partial charge in [0.1, 0.15) is 11.0 Å². The standard InChI is InChI=1S/C16H19N3O2S/c1-10-4-5-14(17-8-10)21-13-6-7-19(9-13)16(20)15-11(2)18-12(3)22-15/h4-5,8,13H,6-7,9H2,1-3H3. The van der Waals surface area contributed by atoms with Crippen molar-refractivity contribution in [3.8, 4) is 5.88 Å². The fourth-order valence-electron chi connectivity index (χ4n) is 2.58. The number of thiazole rings is 1. The van der Waals surface area contributed by atoms with Gasteiger partial charge in [-0.1, -0.05) is 6.07 Å². The van der Waals surface area contributed by atoms with Crippen molar-refractivity contribution >= 4 is 17.2 Å². The van der Waals surface area contributed by atoms with Crippen LogP contribution in [0.15, 0.2) is 18.3 Å². The van der Waals surface area contributed by atoms with Crippen molar-refractivity contribution in [2.75, 3.05) is 13.1 Å². The van der Waals surface area contributed by atoms with E-state index in [9.17, 15) is 4.79 Å². The van der Waals surface area contributed by atoms with Gasteiger partial charge in [-0.2, -0.15) is 0 Å². The van der Waals surface area contributed by atoms with Gasteiger partial charge < -0.3 is 9.64 Å². The molecule has 0 saturated carbocycles. The third-order valence-corrected chi connectivity index (χ3v) is 4.76. The van der Waals surface area contributed by atoms with E-state index in [1.54, 1.807) is 6.20 Å². The van der Waals surface area contributed by atoms with Gasteiger partial charge in [-0.15, -0.1) is 11.3 Å². The van der Waals surface area contributed by atoms with Crippen LogP contribution in [0, 0.1) is 20.8 Å². The summed E-state index contributed by atoms with van der Waals surface area (Å²) in [7, 11) is 0. The lowest BCUT2D eigenvalue weighted by Crippen LogP contribution is -2.30. The molecule has 0 bridgehead atoms. The van der Waals surface area contributed by atoms with Crippen LogP contribution in [0.1, 0.15) is 32.4 Å². The Morgan fingerprint density at radius 2 is 2.18 bits per heavy atom. The largest absolute Gasteiger partial charge is 0.472 e. The number of nitrogens with zero attached hydrogens (tertiary/aromatic N) is 3.